The number of carbonyl (C=O) groups excluding carboxylic acids is 2. The van der Waals surface area contributed by atoms with E-state index in [0.29, 0.717) is 0 Å². The second kappa shape index (κ2) is 6.10. The van der Waals surface area contributed by atoms with E-state index in [4.69, 9.17) is 0 Å². The fraction of sp³-hybridized carbons (Fsp3) is 0.333. The third-order valence-corrected chi connectivity index (χ3v) is 4.54. The molecule has 0 radical (unpaired) electrons. The molecule has 2 rings (SSSR count). The van der Waals surface area contributed by atoms with E-state index in [1.807, 2.05) is 0 Å². The van der Waals surface area contributed by atoms with Crippen LogP contribution in [-0.4, -0.2) is 27.7 Å². The summed E-state index contributed by atoms with van der Waals surface area (Å²) in [7, 11) is 0. The van der Waals surface area contributed by atoms with Crippen LogP contribution in [0.3, 0.4) is 0 Å². The van der Waals surface area contributed by atoms with Gasteiger partial charge in [0, 0.05) is 25.1 Å². The van der Waals surface area contributed by atoms with Gasteiger partial charge in [0.05, 0.1) is 9.40 Å². The number of hydrogen-bond donors (Lipinski definition) is 0. The molecular weight excluding hydrogens is 367 g/mol. The quantitative estimate of drug-likeness (QED) is 0.598. The summed E-state index contributed by atoms with van der Waals surface area (Å²) >= 11 is 3.90. The molecule has 1 aliphatic rings. The molecule has 1 heterocycles. The highest BCUT2D eigenvalue weighted by molar-refractivity contribution is 9.10. The summed E-state index contributed by atoms with van der Waals surface area (Å²) in [6, 6.07) is 2.64. The predicted molar refractivity (Wildman–Crippen MR) is 79.8 cm³/mol. The van der Waals surface area contributed by atoms with Gasteiger partial charge in [-0.25, -0.2) is 0 Å². The zero-order chi connectivity index (χ0) is 15.7. The van der Waals surface area contributed by atoms with Crippen molar-refractivity contribution in [3.05, 3.63) is 32.5 Å². The number of halogens is 2. The second-order valence-corrected chi connectivity index (χ2v) is 6.76. The zero-order valence-corrected chi connectivity index (χ0v) is 13.2. The van der Waals surface area contributed by atoms with Crippen molar-refractivity contribution in [2.24, 2.45) is 0 Å². The van der Waals surface area contributed by atoms with Gasteiger partial charge in [-0.2, -0.15) is 4.39 Å². The van der Waals surface area contributed by atoms with E-state index >= 15 is 0 Å². The smallest absolute Gasteiger partial charge is 0.305 e. The maximum absolute atomic E-state index is 13.9. The van der Waals surface area contributed by atoms with Crippen LogP contribution in [0.5, 0.6) is 0 Å². The fourth-order valence-electron chi connectivity index (χ4n) is 2.14. The van der Waals surface area contributed by atoms with Crippen molar-refractivity contribution in [1.29, 1.82) is 0 Å². The molecule has 1 aromatic rings. The minimum atomic E-state index is -1.02. The van der Waals surface area contributed by atoms with Crippen LogP contribution in [0.25, 0.3) is 0 Å². The van der Waals surface area contributed by atoms with Crippen molar-refractivity contribution in [3.8, 4) is 0 Å². The Morgan fingerprint density at radius 1 is 1.57 bits per heavy atom. The Hall–Kier alpha value is -1.48. The van der Waals surface area contributed by atoms with Gasteiger partial charge in [-0.15, -0.1) is 0 Å². The maximum Gasteiger partial charge on any atom is 0.329 e. The predicted octanol–water partition coefficient (Wildman–Crippen LogP) is 2.88. The molecule has 1 saturated heterocycles. The number of anilines is 1. The van der Waals surface area contributed by atoms with E-state index in [2.05, 4.69) is 15.9 Å². The first-order chi connectivity index (χ1) is 9.81. The van der Waals surface area contributed by atoms with E-state index in [-0.39, 0.29) is 39.4 Å². The van der Waals surface area contributed by atoms with Gasteiger partial charge < -0.3 is 4.90 Å². The summed E-state index contributed by atoms with van der Waals surface area (Å²) in [5, 5.41) is 10.7. The molecule has 0 bridgehead atoms. The minimum absolute atomic E-state index is 0.0424. The average molecular weight is 377 g/mol. The molecule has 1 unspecified atom stereocenters. The molecule has 1 fully saturated rings. The number of benzene rings is 1. The maximum atomic E-state index is 13.9. The largest absolute Gasteiger partial charge is 0.329 e. The van der Waals surface area contributed by atoms with Crippen LogP contribution in [0.15, 0.2) is 16.6 Å². The standard InChI is InChI=1S/C12H10BrFN2O4S/c1-6(17)21-7-4-10(18)15(5-7)9-3-2-8(13)11(14)12(9)16(19)20/h2-3,7H,4-5H2,1H3. The van der Waals surface area contributed by atoms with E-state index in [9.17, 15) is 24.1 Å². The Kier molecular flexibility index (Phi) is 4.62. The molecule has 1 aliphatic heterocycles. The zero-order valence-electron chi connectivity index (χ0n) is 10.8. The van der Waals surface area contributed by atoms with Crippen LogP contribution < -0.4 is 4.90 Å². The first-order valence-electron chi connectivity index (χ1n) is 5.91. The molecule has 1 atom stereocenters. The van der Waals surface area contributed by atoms with Crippen molar-refractivity contribution < 1.29 is 18.9 Å². The van der Waals surface area contributed by atoms with E-state index < -0.39 is 16.4 Å². The molecule has 1 amide bonds. The highest BCUT2D eigenvalue weighted by Crippen LogP contribution is 2.38. The van der Waals surface area contributed by atoms with Gasteiger partial charge in [0.2, 0.25) is 11.7 Å². The summed E-state index contributed by atoms with van der Waals surface area (Å²) in [6.45, 7) is 1.53. The number of amides is 1. The second-order valence-electron chi connectivity index (χ2n) is 4.43. The van der Waals surface area contributed by atoms with Crippen LogP contribution in [-0.2, 0) is 9.59 Å². The van der Waals surface area contributed by atoms with E-state index in [1.165, 1.54) is 19.1 Å². The highest BCUT2D eigenvalue weighted by Gasteiger charge is 2.37. The lowest BCUT2D eigenvalue weighted by molar-refractivity contribution is -0.386. The van der Waals surface area contributed by atoms with Gasteiger partial charge in [-0.05, 0) is 28.1 Å². The number of rotatable bonds is 3. The Labute approximate surface area is 132 Å². The highest BCUT2D eigenvalue weighted by atomic mass is 79.9. The van der Waals surface area contributed by atoms with Gasteiger partial charge in [0.15, 0.2) is 5.12 Å². The van der Waals surface area contributed by atoms with Crippen LogP contribution in [0.4, 0.5) is 15.8 Å². The van der Waals surface area contributed by atoms with Gasteiger partial charge in [0.1, 0.15) is 5.69 Å². The topological polar surface area (TPSA) is 80.5 Å². The Morgan fingerprint density at radius 2 is 2.24 bits per heavy atom. The number of nitrogens with zero attached hydrogens (tertiary/aromatic N) is 2. The minimum Gasteiger partial charge on any atom is -0.305 e. The van der Waals surface area contributed by atoms with Crippen molar-refractivity contribution >= 4 is 50.1 Å². The molecule has 0 aliphatic carbocycles. The summed E-state index contributed by atoms with van der Waals surface area (Å²) < 4.78 is 13.9. The Morgan fingerprint density at radius 3 is 2.81 bits per heavy atom. The van der Waals surface area contributed by atoms with Gasteiger partial charge in [0.25, 0.3) is 0 Å². The normalized spacial score (nSPS) is 18.1. The first kappa shape index (κ1) is 15.9. The molecule has 21 heavy (non-hydrogen) atoms. The molecule has 0 N–H and O–H groups in total. The van der Waals surface area contributed by atoms with Crippen LogP contribution in [0, 0.1) is 15.9 Å². The van der Waals surface area contributed by atoms with Crippen molar-refractivity contribution in [1.82, 2.24) is 0 Å². The van der Waals surface area contributed by atoms with Crippen LogP contribution in [0.2, 0.25) is 0 Å². The van der Waals surface area contributed by atoms with Gasteiger partial charge >= 0.3 is 5.69 Å². The first-order valence-corrected chi connectivity index (χ1v) is 7.58. The number of nitro groups is 1. The van der Waals surface area contributed by atoms with Gasteiger partial charge in [-0.3, -0.25) is 19.7 Å². The number of nitro benzene ring substituents is 1. The lowest BCUT2D eigenvalue weighted by Gasteiger charge is -2.17. The van der Waals surface area contributed by atoms with Crippen molar-refractivity contribution in [2.45, 2.75) is 18.6 Å². The molecule has 1 aromatic carbocycles. The van der Waals surface area contributed by atoms with Gasteiger partial charge in [-0.1, -0.05) is 11.8 Å². The van der Waals surface area contributed by atoms with Crippen molar-refractivity contribution in [2.75, 3.05) is 11.4 Å². The fourth-order valence-corrected chi connectivity index (χ4v) is 3.38. The molecule has 0 aromatic heterocycles. The van der Waals surface area contributed by atoms with E-state index in [1.54, 1.807) is 0 Å². The van der Waals surface area contributed by atoms with Crippen LogP contribution >= 0.6 is 27.7 Å². The molecule has 0 spiro atoms. The summed E-state index contributed by atoms with van der Waals surface area (Å²) in [4.78, 5) is 34.4. The lowest BCUT2D eigenvalue weighted by atomic mass is 10.2. The third kappa shape index (κ3) is 3.24. The molecule has 6 nitrogen and oxygen atoms in total. The van der Waals surface area contributed by atoms with Crippen molar-refractivity contribution in [3.63, 3.8) is 0 Å². The summed E-state index contributed by atoms with van der Waals surface area (Å²) in [5.41, 5.74) is -0.830. The average Bonchev–Trinajstić information content (AvgIpc) is 2.71. The number of carbonyl (C=O) groups is 2. The Bertz CT molecular complexity index is 640. The molecule has 9 heteroatoms. The number of thioether (sulfide) groups is 1. The van der Waals surface area contributed by atoms with E-state index in [0.717, 1.165) is 16.7 Å². The molecule has 112 valence electrons. The summed E-state index contributed by atoms with van der Waals surface area (Å²) in [5.74, 6) is -1.38. The lowest BCUT2D eigenvalue weighted by Crippen LogP contribution is -2.26. The SMILES string of the molecule is CC(=O)SC1CC(=O)N(c2ccc(Br)c(F)c2[N+](=O)[O-])C1. The summed E-state index contributed by atoms with van der Waals surface area (Å²) in [6.07, 6.45) is 0.0963. The van der Waals surface area contributed by atoms with Crippen LogP contribution in [0.1, 0.15) is 13.3 Å². The monoisotopic (exact) mass is 376 g/mol. The Balaban J connectivity index is 2.39. The number of hydrogen-bond acceptors (Lipinski definition) is 5. The molecular formula is C12H10BrFN2O4S. The molecule has 0 saturated carbocycles. The third-order valence-electron chi connectivity index (χ3n) is 2.94.